The zero-order chi connectivity index (χ0) is 24.4. The average molecular weight is 466 g/mol. The Labute approximate surface area is 202 Å². The Morgan fingerprint density at radius 3 is 2.34 bits per heavy atom. The number of aryl methyl sites for hydroxylation is 2. The molecule has 3 heterocycles. The highest BCUT2D eigenvalue weighted by Gasteiger charge is 2.34. The number of imide groups is 1. The molecule has 2 amide bonds. The smallest absolute Gasteiger partial charge is 0.261 e. The van der Waals surface area contributed by atoms with Gasteiger partial charge in [-0.2, -0.15) is 0 Å². The number of benzene rings is 2. The first-order valence-corrected chi connectivity index (χ1v) is 11.2. The highest BCUT2D eigenvalue weighted by Crippen LogP contribution is 2.31. The molecule has 0 bridgehead atoms. The largest absolute Gasteiger partial charge is 0.489 e. The number of fused-ring (bicyclic) bond motifs is 1. The summed E-state index contributed by atoms with van der Waals surface area (Å²) in [6.07, 6.45) is 3.45. The van der Waals surface area contributed by atoms with Gasteiger partial charge in [-0.3, -0.25) is 19.5 Å². The monoisotopic (exact) mass is 465 g/mol. The number of amides is 2. The summed E-state index contributed by atoms with van der Waals surface area (Å²) in [5, 5.41) is 3.94. The van der Waals surface area contributed by atoms with Crippen molar-refractivity contribution >= 4 is 23.5 Å². The van der Waals surface area contributed by atoms with Gasteiger partial charge in [0, 0.05) is 17.3 Å². The molecule has 0 saturated heterocycles. The van der Waals surface area contributed by atoms with Crippen molar-refractivity contribution in [3.8, 4) is 5.75 Å². The minimum absolute atomic E-state index is 0.110. The lowest BCUT2D eigenvalue weighted by molar-refractivity contribution is -0.123. The van der Waals surface area contributed by atoms with Crippen LogP contribution in [0.1, 0.15) is 44.2 Å². The fraction of sp³-hybridized carbons (Fsp3) is 0.143. The maximum Gasteiger partial charge on any atom is 0.261 e. The molecule has 5 rings (SSSR count). The molecule has 7 heteroatoms. The zero-order valence-corrected chi connectivity index (χ0v) is 19.4. The first kappa shape index (κ1) is 22.3. The van der Waals surface area contributed by atoms with Crippen LogP contribution in [-0.4, -0.2) is 26.9 Å². The van der Waals surface area contributed by atoms with Crippen molar-refractivity contribution in [2.75, 3.05) is 0 Å². The average Bonchev–Trinajstić information content (AvgIpc) is 3.21. The molecule has 0 fully saturated rings. The van der Waals surface area contributed by atoms with Gasteiger partial charge in [0.2, 0.25) is 0 Å². The van der Waals surface area contributed by atoms with E-state index in [0.717, 1.165) is 22.6 Å². The van der Waals surface area contributed by atoms with E-state index in [4.69, 9.17) is 9.26 Å². The summed E-state index contributed by atoms with van der Waals surface area (Å²) >= 11 is 0. The number of carbonyl (C=O) groups is 2. The molecule has 7 nitrogen and oxygen atoms in total. The van der Waals surface area contributed by atoms with Crippen LogP contribution in [0, 0.1) is 13.8 Å². The Morgan fingerprint density at radius 1 is 0.914 bits per heavy atom. The number of carbonyl (C=O) groups excluding carboxylic acids is 2. The Balaban J connectivity index is 1.41. The molecule has 2 aromatic carbocycles. The maximum atomic E-state index is 13.4. The normalized spacial score (nSPS) is 14.3. The van der Waals surface area contributed by atoms with E-state index in [1.54, 1.807) is 42.6 Å². The van der Waals surface area contributed by atoms with Crippen LogP contribution in [0.2, 0.25) is 0 Å². The second-order valence-electron chi connectivity index (χ2n) is 8.28. The number of hydrogen-bond donors (Lipinski definition) is 0. The van der Waals surface area contributed by atoms with Crippen molar-refractivity contribution in [2.24, 2.45) is 0 Å². The van der Waals surface area contributed by atoms with E-state index < -0.39 is 0 Å². The highest BCUT2D eigenvalue weighted by atomic mass is 16.5. The van der Waals surface area contributed by atoms with Crippen LogP contribution in [0.25, 0.3) is 11.6 Å². The lowest BCUT2D eigenvalue weighted by atomic mass is 9.92. The first-order valence-electron chi connectivity index (χ1n) is 11.2. The molecule has 0 atom stereocenters. The van der Waals surface area contributed by atoms with Gasteiger partial charge in [0.1, 0.15) is 18.1 Å². The summed E-state index contributed by atoms with van der Waals surface area (Å²) in [6, 6.07) is 20.1. The number of hydrogen-bond acceptors (Lipinski definition) is 6. The van der Waals surface area contributed by atoms with Gasteiger partial charge in [-0.05, 0) is 61.4 Å². The third kappa shape index (κ3) is 4.48. The van der Waals surface area contributed by atoms with Crippen LogP contribution in [0.5, 0.6) is 5.75 Å². The Bertz CT molecular complexity index is 1400. The van der Waals surface area contributed by atoms with Crippen LogP contribution in [-0.2, 0) is 17.9 Å². The number of nitrogens with zero attached hydrogens (tertiary/aromatic N) is 3. The van der Waals surface area contributed by atoms with Gasteiger partial charge in [0.25, 0.3) is 11.8 Å². The van der Waals surface area contributed by atoms with Crippen LogP contribution in [0.15, 0.2) is 77.4 Å². The van der Waals surface area contributed by atoms with Gasteiger partial charge in [-0.25, -0.2) is 0 Å². The van der Waals surface area contributed by atoms with Gasteiger partial charge in [-0.15, -0.1) is 0 Å². The number of rotatable bonds is 6. The Hall–Kier alpha value is -4.52. The topological polar surface area (TPSA) is 85.5 Å². The van der Waals surface area contributed by atoms with Crippen molar-refractivity contribution < 1.29 is 18.8 Å². The van der Waals surface area contributed by atoms with Crippen molar-refractivity contribution in [3.05, 3.63) is 112 Å². The maximum absolute atomic E-state index is 13.4. The lowest BCUT2D eigenvalue weighted by Crippen LogP contribution is -2.41. The molecule has 1 aliphatic heterocycles. The summed E-state index contributed by atoms with van der Waals surface area (Å²) in [7, 11) is 0. The van der Waals surface area contributed by atoms with Gasteiger partial charge in [0.05, 0.1) is 23.5 Å². The SMILES string of the molecule is Cc1noc(C)c1COc1ccc(/C=C2\C(=O)N(Cc3ccccn3)C(=O)c3ccccc32)cc1. The summed E-state index contributed by atoms with van der Waals surface area (Å²) in [6.45, 7) is 4.21. The van der Waals surface area contributed by atoms with Crippen molar-refractivity contribution in [2.45, 2.75) is 27.0 Å². The third-order valence-corrected chi connectivity index (χ3v) is 5.97. The van der Waals surface area contributed by atoms with Crippen LogP contribution < -0.4 is 4.74 Å². The molecule has 4 aromatic rings. The van der Waals surface area contributed by atoms with E-state index in [9.17, 15) is 9.59 Å². The predicted octanol–water partition coefficient (Wildman–Crippen LogP) is 4.99. The van der Waals surface area contributed by atoms with E-state index in [-0.39, 0.29) is 18.4 Å². The van der Waals surface area contributed by atoms with Crippen molar-refractivity contribution in [1.29, 1.82) is 0 Å². The summed E-state index contributed by atoms with van der Waals surface area (Å²) < 4.78 is 11.1. The summed E-state index contributed by atoms with van der Waals surface area (Å²) in [4.78, 5) is 32.1. The van der Waals surface area contributed by atoms with E-state index in [2.05, 4.69) is 10.1 Å². The number of pyridine rings is 1. The molecule has 2 aromatic heterocycles. The summed E-state index contributed by atoms with van der Waals surface area (Å²) in [5.41, 5.74) is 4.78. The molecule has 1 aliphatic rings. The number of ether oxygens (including phenoxy) is 1. The van der Waals surface area contributed by atoms with Crippen LogP contribution in [0.3, 0.4) is 0 Å². The molecule has 0 radical (unpaired) electrons. The molecule has 0 N–H and O–H groups in total. The lowest BCUT2D eigenvalue weighted by Gasteiger charge is -2.28. The van der Waals surface area contributed by atoms with E-state index in [0.29, 0.717) is 34.8 Å². The predicted molar refractivity (Wildman–Crippen MR) is 130 cm³/mol. The minimum atomic E-state index is -0.349. The summed E-state index contributed by atoms with van der Waals surface area (Å²) in [5.74, 6) is 0.757. The molecule has 0 spiro atoms. The molecular formula is C28H23N3O4. The molecule has 35 heavy (non-hydrogen) atoms. The van der Waals surface area contributed by atoms with E-state index in [1.807, 2.05) is 50.2 Å². The van der Waals surface area contributed by atoms with E-state index >= 15 is 0 Å². The molecule has 0 saturated carbocycles. The minimum Gasteiger partial charge on any atom is -0.489 e. The Morgan fingerprint density at radius 2 is 1.66 bits per heavy atom. The zero-order valence-electron chi connectivity index (χ0n) is 19.4. The molecule has 0 aliphatic carbocycles. The van der Waals surface area contributed by atoms with Crippen molar-refractivity contribution in [3.63, 3.8) is 0 Å². The quantitative estimate of drug-likeness (QED) is 0.295. The van der Waals surface area contributed by atoms with E-state index in [1.165, 1.54) is 4.90 Å². The molecule has 0 unspecified atom stereocenters. The Kier molecular flexibility index (Phi) is 5.97. The van der Waals surface area contributed by atoms with Gasteiger partial charge >= 0.3 is 0 Å². The fourth-order valence-corrected chi connectivity index (χ4v) is 4.03. The third-order valence-electron chi connectivity index (χ3n) is 5.97. The standard InChI is InChI=1S/C28H23N3O4/c1-18-26(19(2)35-30-18)17-34-22-12-10-20(11-13-22)15-25-23-8-3-4-9-24(23)27(32)31(28(25)33)16-21-7-5-6-14-29-21/h3-15H,16-17H2,1-2H3/b25-15-. The molecular weight excluding hydrogens is 442 g/mol. The molecule has 174 valence electrons. The number of aromatic nitrogens is 2. The van der Waals surface area contributed by atoms with Crippen molar-refractivity contribution in [1.82, 2.24) is 15.0 Å². The van der Waals surface area contributed by atoms with Crippen LogP contribution >= 0.6 is 0 Å². The van der Waals surface area contributed by atoms with Gasteiger partial charge in [0.15, 0.2) is 0 Å². The van der Waals surface area contributed by atoms with Crippen LogP contribution in [0.4, 0.5) is 0 Å². The second-order valence-corrected chi connectivity index (χ2v) is 8.28. The first-order chi connectivity index (χ1) is 17.0. The second kappa shape index (κ2) is 9.38. The highest BCUT2D eigenvalue weighted by molar-refractivity contribution is 6.33. The fourth-order valence-electron chi connectivity index (χ4n) is 4.03. The van der Waals surface area contributed by atoms with Gasteiger partial charge in [-0.1, -0.05) is 41.6 Å². The van der Waals surface area contributed by atoms with Gasteiger partial charge < -0.3 is 9.26 Å².